The predicted molar refractivity (Wildman–Crippen MR) is 99.8 cm³/mol. The summed E-state index contributed by atoms with van der Waals surface area (Å²) in [6.07, 6.45) is 0. The first kappa shape index (κ1) is 15.8. The zero-order valence-corrected chi connectivity index (χ0v) is 14.2. The molecule has 3 aromatic carbocycles. The van der Waals surface area contributed by atoms with Crippen molar-refractivity contribution in [3.63, 3.8) is 0 Å². The molecule has 0 saturated heterocycles. The number of hydrogen-bond donors (Lipinski definition) is 1. The van der Waals surface area contributed by atoms with E-state index in [1.165, 1.54) is 21.9 Å². The zero-order valence-electron chi connectivity index (χ0n) is 14.2. The van der Waals surface area contributed by atoms with E-state index in [1.54, 1.807) is 0 Å². The Bertz CT molecular complexity index is 774. The van der Waals surface area contributed by atoms with Gasteiger partial charge in [0.25, 0.3) is 0 Å². The number of hydrogen-bond acceptors (Lipinski definition) is 1. The molecule has 1 heteroatoms. The van der Waals surface area contributed by atoms with Crippen LogP contribution in [0.2, 0.25) is 0 Å². The first-order chi connectivity index (χ1) is 11.1. The highest BCUT2D eigenvalue weighted by Gasteiger charge is 2.20. The minimum atomic E-state index is -0.0215. The molecule has 0 heterocycles. The molecular formula is C22H25N. The highest BCUT2D eigenvalue weighted by molar-refractivity contribution is 5.83. The van der Waals surface area contributed by atoms with Crippen LogP contribution in [0.1, 0.15) is 37.8 Å². The fraction of sp³-hybridized carbons (Fsp3) is 0.273. The van der Waals surface area contributed by atoms with E-state index in [2.05, 4.69) is 98.9 Å². The molecule has 118 valence electrons. The Hall–Kier alpha value is -2.12. The summed E-state index contributed by atoms with van der Waals surface area (Å²) in [6, 6.07) is 26.0. The summed E-state index contributed by atoms with van der Waals surface area (Å²) in [7, 11) is 0. The first-order valence-electron chi connectivity index (χ1n) is 8.35. The second-order valence-electron chi connectivity index (χ2n) is 6.88. The Balaban J connectivity index is 1.72. The zero-order chi connectivity index (χ0) is 16.3. The van der Waals surface area contributed by atoms with E-state index in [0.717, 1.165) is 6.54 Å². The Kier molecular flexibility index (Phi) is 4.49. The Morgan fingerprint density at radius 3 is 2.22 bits per heavy atom. The lowest BCUT2D eigenvalue weighted by atomic mass is 9.92. The van der Waals surface area contributed by atoms with Crippen molar-refractivity contribution >= 4 is 10.8 Å². The van der Waals surface area contributed by atoms with Crippen LogP contribution in [-0.4, -0.2) is 6.54 Å². The van der Waals surface area contributed by atoms with Gasteiger partial charge in [0.1, 0.15) is 0 Å². The summed E-state index contributed by atoms with van der Waals surface area (Å²) in [5.41, 5.74) is 2.69. The highest BCUT2D eigenvalue weighted by Crippen LogP contribution is 2.24. The van der Waals surface area contributed by atoms with Crippen LogP contribution < -0.4 is 5.32 Å². The Morgan fingerprint density at radius 2 is 1.48 bits per heavy atom. The number of rotatable bonds is 5. The van der Waals surface area contributed by atoms with Crippen LogP contribution in [0.15, 0.2) is 72.8 Å². The third-order valence-corrected chi connectivity index (χ3v) is 4.69. The molecule has 3 rings (SSSR count). The van der Waals surface area contributed by atoms with Crippen molar-refractivity contribution in [2.24, 2.45) is 0 Å². The maximum Gasteiger partial charge on any atom is 0.0377 e. The lowest BCUT2D eigenvalue weighted by Gasteiger charge is -2.29. The lowest BCUT2D eigenvalue weighted by Crippen LogP contribution is -2.38. The van der Waals surface area contributed by atoms with Gasteiger partial charge in [-0.05, 0) is 41.7 Å². The van der Waals surface area contributed by atoms with Gasteiger partial charge in [0, 0.05) is 12.1 Å². The molecular weight excluding hydrogens is 278 g/mol. The minimum absolute atomic E-state index is 0.0215. The summed E-state index contributed by atoms with van der Waals surface area (Å²) >= 11 is 0. The molecule has 1 atom stereocenters. The molecule has 0 amide bonds. The molecule has 1 unspecified atom stereocenters. The second-order valence-corrected chi connectivity index (χ2v) is 6.88. The molecule has 1 nitrogen and oxygen atoms in total. The van der Waals surface area contributed by atoms with Gasteiger partial charge < -0.3 is 5.32 Å². The summed E-state index contributed by atoms with van der Waals surface area (Å²) in [6.45, 7) is 7.74. The average Bonchev–Trinajstić information content (AvgIpc) is 2.60. The van der Waals surface area contributed by atoms with Crippen LogP contribution in [0.3, 0.4) is 0 Å². The molecule has 0 fully saturated rings. The molecule has 0 radical (unpaired) electrons. The maximum atomic E-state index is 3.72. The molecule has 23 heavy (non-hydrogen) atoms. The van der Waals surface area contributed by atoms with Gasteiger partial charge in [-0.3, -0.25) is 0 Å². The van der Waals surface area contributed by atoms with Crippen molar-refractivity contribution in [1.82, 2.24) is 5.32 Å². The highest BCUT2D eigenvalue weighted by atomic mass is 15.0. The molecule has 0 aromatic heterocycles. The second kappa shape index (κ2) is 6.55. The fourth-order valence-corrected chi connectivity index (χ4v) is 3.00. The first-order valence-corrected chi connectivity index (χ1v) is 8.35. The van der Waals surface area contributed by atoms with Gasteiger partial charge in [0.05, 0.1) is 0 Å². The third-order valence-electron chi connectivity index (χ3n) is 4.69. The van der Waals surface area contributed by atoms with Crippen LogP contribution in [-0.2, 0) is 5.54 Å². The standard InChI is InChI=1S/C22H25N/c1-17(16-23-22(2,3)21-11-5-4-6-12-21)19-14-13-18-9-7-8-10-20(18)15-19/h4-15,17,23H,16H2,1-3H3. The van der Waals surface area contributed by atoms with Crippen LogP contribution in [0, 0.1) is 0 Å². The number of fused-ring (bicyclic) bond motifs is 1. The molecule has 0 aliphatic heterocycles. The Labute approximate surface area is 139 Å². The molecule has 0 spiro atoms. The quantitative estimate of drug-likeness (QED) is 0.659. The molecule has 0 saturated carbocycles. The molecule has 0 bridgehead atoms. The van der Waals surface area contributed by atoms with E-state index >= 15 is 0 Å². The van der Waals surface area contributed by atoms with Crippen LogP contribution >= 0.6 is 0 Å². The minimum Gasteiger partial charge on any atom is -0.307 e. The van der Waals surface area contributed by atoms with E-state index in [-0.39, 0.29) is 5.54 Å². The van der Waals surface area contributed by atoms with Gasteiger partial charge in [0.2, 0.25) is 0 Å². The van der Waals surface area contributed by atoms with E-state index in [0.29, 0.717) is 5.92 Å². The van der Waals surface area contributed by atoms with Crippen molar-refractivity contribution in [2.75, 3.05) is 6.54 Å². The van der Waals surface area contributed by atoms with Gasteiger partial charge in [0.15, 0.2) is 0 Å². The van der Waals surface area contributed by atoms with E-state index in [9.17, 15) is 0 Å². The summed E-state index contributed by atoms with van der Waals surface area (Å²) < 4.78 is 0. The van der Waals surface area contributed by atoms with Crippen molar-refractivity contribution in [3.05, 3.63) is 83.9 Å². The summed E-state index contributed by atoms with van der Waals surface area (Å²) in [5, 5.41) is 6.35. The molecule has 0 aliphatic rings. The van der Waals surface area contributed by atoms with Crippen molar-refractivity contribution in [1.29, 1.82) is 0 Å². The van der Waals surface area contributed by atoms with Crippen molar-refractivity contribution < 1.29 is 0 Å². The number of benzene rings is 3. The lowest BCUT2D eigenvalue weighted by molar-refractivity contribution is 0.391. The van der Waals surface area contributed by atoms with Gasteiger partial charge in [-0.2, -0.15) is 0 Å². The molecule has 0 aliphatic carbocycles. The molecule has 1 N–H and O–H groups in total. The maximum absolute atomic E-state index is 3.72. The van der Waals surface area contributed by atoms with Crippen molar-refractivity contribution in [3.8, 4) is 0 Å². The van der Waals surface area contributed by atoms with Crippen LogP contribution in [0.4, 0.5) is 0 Å². The van der Waals surface area contributed by atoms with Crippen LogP contribution in [0.25, 0.3) is 10.8 Å². The van der Waals surface area contributed by atoms with Gasteiger partial charge in [-0.25, -0.2) is 0 Å². The molecule has 3 aromatic rings. The van der Waals surface area contributed by atoms with Crippen molar-refractivity contribution in [2.45, 2.75) is 32.2 Å². The predicted octanol–water partition coefficient (Wildman–Crippen LogP) is 5.47. The normalized spacial score (nSPS) is 13.2. The SMILES string of the molecule is CC(CNC(C)(C)c1ccccc1)c1ccc2ccccc2c1. The largest absolute Gasteiger partial charge is 0.307 e. The van der Waals surface area contributed by atoms with E-state index < -0.39 is 0 Å². The van der Waals surface area contributed by atoms with Gasteiger partial charge in [-0.1, -0.05) is 79.7 Å². The number of nitrogens with one attached hydrogen (secondary N) is 1. The van der Waals surface area contributed by atoms with E-state index in [4.69, 9.17) is 0 Å². The average molecular weight is 303 g/mol. The van der Waals surface area contributed by atoms with Gasteiger partial charge >= 0.3 is 0 Å². The third kappa shape index (κ3) is 3.62. The monoisotopic (exact) mass is 303 g/mol. The Morgan fingerprint density at radius 1 is 0.826 bits per heavy atom. The fourth-order valence-electron chi connectivity index (χ4n) is 3.00. The van der Waals surface area contributed by atoms with E-state index in [1.807, 2.05) is 0 Å². The topological polar surface area (TPSA) is 12.0 Å². The van der Waals surface area contributed by atoms with Crippen LogP contribution in [0.5, 0.6) is 0 Å². The van der Waals surface area contributed by atoms with Gasteiger partial charge in [-0.15, -0.1) is 0 Å². The smallest absolute Gasteiger partial charge is 0.0377 e. The summed E-state index contributed by atoms with van der Waals surface area (Å²) in [5.74, 6) is 0.475. The summed E-state index contributed by atoms with van der Waals surface area (Å²) in [4.78, 5) is 0.